The van der Waals surface area contributed by atoms with E-state index in [1.54, 1.807) is 12.1 Å². The number of phenolic OH excluding ortho intramolecular Hbond substituents is 2. The molecule has 5 rings (SSSR count). The third kappa shape index (κ3) is 3.62. The van der Waals surface area contributed by atoms with Crippen LogP contribution in [0.3, 0.4) is 0 Å². The maximum atomic E-state index is 13.4. The van der Waals surface area contributed by atoms with Gasteiger partial charge in [0.2, 0.25) is 0 Å². The van der Waals surface area contributed by atoms with E-state index in [1.807, 2.05) is 0 Å². The van der Waals surface area contributed by atoms with Crippen molar-refractivity contribution >= 4 is 17.6 Å². The number of nitrogens with one attached hydrogen (secondary N) is 1. The fourth-order valence-electron chi connectivity index (χ4n) is 4.86. The summed E-state index contributed by atoms with van der Waals surface area (Å²) in [7, 11) is 0. The van der Waals surface area contributed by atoms with Crippen LogP contribution in [0.1, 0.15) is 70.0 Å². The average Bonchev–Trinajstić information content (AvgIpc) is 3.11. The number of unbranched alkanes of at least 4 members (excludes halogenated alkanes) is 3. The molecule has 0 amide bonds. The second kappa shape index (κ2) is 8.54. The number of carboxylic acids is 1. The van der Waals surface area contributed by atoms with Crippen LogP contribution in [-0.4, -0.2) is 33.8 Å². The largest absolute Gasteiger partial charge is 0.508 e. The van der Waals surface area contributed by atoms with Gasteiger partial charge in [-0.3, -0.25) is 0 Å². The second-order valence-corrected chi connectivity index (χ2v) is 8.77. The molecule has 0 aromatic heterocycles. The lowest BCUT2D eigenvalue weighted by Crippen LogP contribution is -2.33. The van der Waals surface area contributed by atoms with E-state index in [-0.39, 0.29) is 34.1 Å². The number of aromatic carboxylic acids is 1. The van der Waals surface area contributed by atoms with Gasteiger partial charge in [0.15, 0.2) is 5.60 Å². The van der Waals surface area contributed by atoms with Gasteiger partial charge in [0.25, 0.3) is 0 Å². The van der Waals surface area contributed by atoms with Crippen molar-refractivity contribution in [2.75, 3.05) is 11.9 Å². The van der Waals surface area contributed by atoms with Gasteiger partial charge in [0.05, 0.1) is 16.8 Å². The first-order chi connectivity index (χ1) is 16.8. The van der Waals surface area contributed by atoms with E-state index in [2.05, 4.69) is 12.2 Å². The van der Waals surface area contributed by atoms with Crippen molar-refractivity contribution in [2.24, 2.45) is 0 Å². The van der Waals surface area contributed by atoms with E-state index in [4.69, 9.17) is 9.47 Å². The van der Waals surface area contributed by atoms with Crippen LogP contribution in [0.4, 0.5) is 5.69 Å². The maximum absolute atomic E-state index is 13.4. The highest BCUT2D eigenvalue weighted by Crippen LogP contribution is 2.58. The molecule has 0 aliphatic carbocycles. The molecule has 0 radical (unpaired) electrons. The summed E-state index contributed by atoms with van der Waals surface area (Å²) in [5, 5.41) is 33.2. The number of ether oxygens (including phenoxy) is 2. The van der Waals surface area contributed by atoms with Crippen LogP contribution in [-0.2, 0) is 10.3 Å². The van der Waals surface area contributed by atoms with E-state index < -0.39 is 17.5 Å². The number of rotatable bonds is 7. The smallest absolute Gasteiger partial charge is 0.342 e. The van der Waals surface area contributed by atoms with Gasteiger partial charge in [-0.2, -0.15) is 0 Å². The Labute approximate surface area is 201 Å². The number of hydrogen-bond donors (Lipinski definition) is 4. The molecule has 2 aliphatic heterocycles. The van der Waals surface area contributed by atoms with Gasteiger partial charge in [-0.05, 0) is 42.8 Å². The summed E-state index contributed by atoms with van der Waals surface area (Å²) in [6, 6.07) is 11.8. The number of carbonyl (C=O) groups excluding carboxylic acids is 1. The molecular weight excluding hydrogens is 450 g/mol. The standard InChI is InChI=1S/C27H25NO7/c1-2-3-4-5-10-28-21-12-15(25(31)32)11-20-24(21)26(33)35-27(20)18-8-6-16(29)13-22(18)34-23-14-17(30)7-9-19(23)27/h6-9,11-14,28-30H,2-5,10H2,1H3,(H,31,32). The second-order valence-electron chi connectivity index (χ2n) is 8.77. The van der Waals surface area contributed by atoms with Gasteiger partial charge < -0.3 is 30.1 Å². The first-order valence-electron chi connectivity index (χ1n) is 11.6. The van der Waals surface area contributed by atoms with E-state index in [1.165, 1.54) is 36.4 Å². The van der Waals surface area contributed by atoms with Gasteiger partial charge in [0, 0.05) is 35.4 Å². The summed E-state index contributed by atoms with van der Waals surface area (Å²) in [4.78, 5) is 25.4. The van der Waals surface area contributed by atoms with E-state index >= 15 is 0 Å². The predicted molar refractivity (Wildman–Crippen MR) is 128 cm³/mol. The van der Waals surface area contributed by atoms with Crippen LogP contribution in [0, 0.1) is 0 Å². The molecule has 0 unspecified atom stereocenters. The van der Waals surface area contributed by atoms with Crippen LogP contribution in [0.2, 0.25) is 0 Å². The summed E-state index contributed by atoms with van der Waals surface area (Å²) in [6.07, 6.45) is 4.07. The molecule has 8 nitrogen and oxygen atoms in total. The lowest BCUT2D eigenvalue weighted by molar-refractivity contribution is 0.0224. The van der Waals surface area contributed by atoms with Crippen molar-refractivity contribution in [3.8, 4) is 23.0 Å². The molecule has 35 heavy (non-hydrogen) atoms. The lowest BCUT2D eigenvalue weighted by atomic mass is 9.77. The topological polar surface area (TPSA) is 125 Å². The van der Waals surface area contributed by atoms with Crippen molar-refractivity contribution < 1.29 is 34.4 Å². The van der Waals surface area contributed by atoms with Crippen LogP contribution < -0.4 is 10.1 Å². The minimum absolute atomic E-state index is 0.00429. The Morgan fingerprint density at radius 1 is 0.914 bits per heavy atom. The Bertz CT molecular complexity index is 1300. The monoisotopic (exact) mass is 475 g/mol. The van der Waals surface area contributed by atoms with Crippen molar-refractivity contribution in [3.63, 3.8) is 0 Å². The molecule has 2 aliphatic rings. The molecule has 180 valence electrons. The Morgan fingerprint density at radius 2 is 1.57 bits per heavy atom. The van der Waals surface area contributed by atoms with Crippen molar-refractivity contribution in [1.82, 2.24) is 0 Å². The summed E-state index contributed by atoms with van der Waals surface area (Å²) >= 11 is 0. The van der Waals surface area contributed by atoms with Gasteiger partial charge in [-0.15, -0.1) is 0 Å². The Balaban J connectivity index is 1.73. The molecule has 0 fully saturated rings. The quantitative estimate of drug-likeness (QED) is 0.266. The first-order valence-corrected chi connectivity index (χ1v) is 11.6. The number of carbonyl (C=O) groups is 2. The number of carboxylic acid groups (broad SMARTS) is 1. The molecule has 8 heteroatoms. The van der Waals surface area contributed by atoms with Gasteiger partial charge in [0.1, 0.15) is 23.0 Å². The van der Waals surface area contributed by atoms with Crippen LogP contribution in [0.25, 0.3) is 0 Å². The molecule has 3 aromatic carbocycles. The molecule has 0 saturated heterocycles. The number of hydrogen-bond acceptors (Lipinski definition) is 7. The van der Waals surface area contributed by atoms with E-state index in [0.717, 1.165) is 25.7 Å². The zero-order valence-electron chi connectivity index (χ0n) is 19.1. The summed E-state index contributed by atoms with van der Waals surface area (Å²) in [6.45, 7) is 2.70. The number of fused-ring (bicyclic) bond motifs is 6. The van der Waals surface area contributed by atoms with Gasteiger partial charge in [-0.1, -0.05) is 26.2 Å². The van der Waals surface area contributed by atoms with Gasteiger partial charge in [-0.25, -0.2) is 9.59 Å². The zero-order valence-corrected chi connectivity index (χ0v) is 19.1. The minimum atomic E-state index is -1.51. The fraction of sp³-hybridized carbons (Fsp3) is 0.259. The van der Waals surface area contributed by atoms with Crippen LogP contribution in [0.5, 0.6) is 23.0 Å². The highest BCUT2D eigenvalue weighted by Gasteiger charge is 2.54. The third-order valence-corrected chi connectivity index (χ3v) is 6.47. The third-order valence-electron chi connectivity index (χ3n) is 6.47. The van der Waals surface area contributed by atoms with Crippen molar-refractivity contribution in [3.05, 3.63) is 76.3 Å². The van der Waals surface area contributed by atoms with Crippen molar-refractivity contribution in [1.29, 1.82) is 0 Å². The molecular formula is C27H25NO7. The molecule has 1 spiro atoms. The van der Waals surface area contributed by atoms with E-state index in [9.17, 15) is 24.9 Å². The number of phenols is 2. The molecule has 4 N–H and O–H groups in total. The lowest BCUT2D eigenvalue weighted by Gasteiger charge is -2.36. The summed E-state index contributed by atoms with van der Waals surface area (Å²) in [5.74, 6) is -1.38. The SMILES string of the molecule is CCCCCCNc1cc(C(=O)O)cc2c1C(=O)OC21c2ccc(O)cc2Oc2cc(O)ccc21. The highest BCUT2D eigenvalue weighted by atomic mass is 16.6. The number of esters is 1. The Hall–Kier alpha value is -4.20. The summed E-state index contributed by atoms with van der Waals surface area (Å²) < 4.78 is 12.0. The van der Waals surface area contributed by atoms with Gasteiger partial charge >= 0.3 is 11.9 Å². The predicted octanol–water partition coefficient (Wildman–Crippen LogP) is 5.36. The molecule has 2 heterocycles. The van der Waals surface area contributed by atoms with Crippen LogP contribution >= 0.6 is 0 Å². The maximum Gasteiger partial charge on any atom is 0.342 e. The van der Waals surface area contributed by atoms with Crippen LogP contribution in [0.15, 0.2) is 48.5 Å². The first kappa shape index (κ1) is 22.6. The molecule has 0 atom stereocenters. The molecule has 3 aromatic rings. The van der Waals surface area contributed by atoms with E-state index in [0.29, 0.717) is 28.9 Å². The number of anilines is 1. The fourth-order valence-corrected chi connectivity index (χ4v) is 4.86. The van der Waals surface area contributed by atoms with Crippen molar-refractivity contribution in [2.45, 2.75) is 38.2 Å². The summed E-state index contributed by atoms with van der Waals surface area (Å²) in [5.41, 5.74) is 0.385. The number of aromatic hydroxyl groups is 2. The number of benzene rings is 3. The highest BCUT2D eigenvalue weighted by molar-refractivity contribution is 6.04. The minimum Gasteiger partial charge on any atom is -0.508 e. The zero-order chi connectivity index (χ0) is 24.7. The Kier molecular flexibility index (Phi) is 5.51. The molecule has 0 saturated carbocycles. The Morgan fingerprint density at radius 3 is 2.17 bits per heavy atom. The normalized spacial score (nSPS) is 14.5. The average molecular weight is 475 g/mol. The molecule has 0 bridgehead atoms.